The molecule has 0 radical (unpaired) electrons. The Hall–Kier alpha value is -2.93. The molecule has 2 aromatic heterocycles. The predicted molar refractivity (Wildman–Crippen MR) is 106 cm³/mol. The van der Waals surface area contributed by atoms with E-state index in [1.54, 1.807) is 25.3 Å². The summed E-state index contributed by atoms with van der Waals surface area (Å²) in [6, 6.07) is 15.2. The van der Waals surface area contributed by atoms with Crippen molar-refractivity contribution in [2.24, 2.45) is 0 Å². The molecule has 27 heavy (non-hydrogen) atoms. The second kappa shape index (κ2) is 9.14. The van der Waals surface area contributed by atoms with Gasteiger partial charge < -0.3 is 10.1 Å². The van der Waals surface area contributed by atoms with Gasteiger partial charge in [0.15, 0.2) is 0 Å². The van der Waals surface area contributed by atoms with Crippen molar-refractivity contribution in [1.29, 1.82) is 0 Å². The smallest absolute Gasteiger partial charge is 0.310 e. The number of aromatic nitrogens is 3. The van der Waals surface area contributed by atoms with Crippen LogP contribution in [-0.4, -0.2) is 27.9 Å². The minimum absolute atomic E-state index is 0.434. The third kappa shape index (κ3) is 5.27. The number of benzene rings is 1. The number of ether oxygens (including phenoxy) is 1. The number of nitrogens with one attached hydrogen (secondary N) is 1. The van der Waals surface area contributed by atoms with E-state index in [1.807, 2.05) is 36.4 Å². The van der Waals surface area contributed by atoms with Gasteiger partial charge in [0.1, 0.15) is 10.8 Å². The zero-order valence-corrected chi connectivity index (χ0v) is 15.7. The van der Waals surface area contributed by atoms with Crippen LogP contribution in [0.1, 0.15) is 16.8 Å². The topological polar surface area (TPSA) is 59.9 Å². The van der Waals surface area contributed by atoms with Crippen LogP contribution in [-0.2, 0) is 6.42 Å². The van der Waals surface area contributed by atoms with Crippen molar-refractivity contribution in [2.45, 2.75) is 11.4 Å². The summed E-state index contributed by atoms with van der Waals surface area (Å²) in [6.07, 6.45) is 1.53. The first kappa shape index (κ1) is 18.8. The van der Waals surface area contributed by atoms with Gasteiger partial charge in [-0.2, -0.15) is 9.37 Å². The molecule has 2 heterocycles. The molecule has 0 bridgehead atoms. The summed E-state index contributed by atoms with van der Waals surface area (Å²) in [5, 5.41) is 3.88. The number of methoxy groups -OCH3 is 1. The Labute approximate surface area is 161 Å². The van der Waals surface area contributed by atoms with Gasteiger partial charge in [0, 0.05) is 24.1 Å². The standard InChI is InChI=1S/C20H19FN4OS/c1-3-15-9-10-18(26-2)25-19(15)27-13-22-17-12-16(23-20(21)24-17)11-14-7-5-4-6-8-14/h3-10,12H,1,11,13H2,2H3,(H,22,23,24). The van der Waals surface area contributed by atoms with Crippen molar-refractivity contribution in [3.05, 3.63) is 78.0 Å². The van der Waals surface area contributed by atoms with Crippen LogP contribution in [0.5, 0.6) is 5.88 Å². The Morgan fingerprint density at radius 2 is 1.96 bits per heavy atom. The number of rotatable bonds is 8. The molecule has 0 aliphatic heterocycles. The van der Waals surface area contributed by atoms with E-state index in [0.29, 0.717) is 29.7 Å². The van der Waals surface area contributed by atoms with E-state index in [4.69, 9.17) is 4.74 Å². The van der Waals surface area contributed by atoms with Crippen LogP contribution in [0.2, 0.25) is 0 Å². The quantitative estimate of drug-likeness (QED) is 0.354. The third-order valence-corrected chi connectivity index (χ3v) is 4.62. The maximum atomic E-state index is 13.8. The second-order valence-electron chi connectivity index (χ2n) is 5.59. The second-order valence-corrected chi connectivity index (χ2v) is 6.56. The highest BCUT2D eigenvalue weighted by Gasteiger charge is 2.08. The number of pyridine rings is 1. The van der Waals surface area contributed by atoms with E-state index in [-0.39, 0.29) is 0 Å². The molecule has 0 aliphatic rings. The lowest BCUT2D eigenvalue weighted by Crippen LogP contribution is -2.06. The molecule has 0 unspecified atom stereocenters. The summed E-state index contributed by atoms with van der Waals surface area (Å²) in [7, 11) is 1.57. The molecule has 0 amide bonds. The van der Waals surface area contributed by atoms with Crippen LogP contribution in [0.25, 0.3) is 6.08 Å². The Bertz CT molecular complexity index is 921. The SMILES string of the molecule is C=Cc1ccc(OC)nc1SCNc1cc(Cc2ccccc2)nc(F)n1. The normalized spacial score (nSPS) is 10.4. The maximum absolute atomic E-state index is 13.8. The van der Waals surface area contributed by atoms with Crippen molar-refractivity contribution < 1.29 is 9.13 Å². The van der Waals surface area contributed by atoms with Crippen LogP contribution in [0, 0.1) is 6.08 Å². The largest absolute Gasteiger partial charge is 0.481 e. The molecule has 0 atom stereocenters. The fourth-order valence-corrected chi connectivity index (χ4v) is 3.28. The van der Waals surface area contributed by atoms with Crippen LogP contribution in [0.3, 0.4) is 0 Å². The van der Waals surface area contributed by atoms with Gasteiger partial charge in [0.05, 0.1) is 18.7 Å². The van der Waals surface area contributed by atoms with Gasteiger partial charge in [0.25, 0.3) is 0 Å². The molecule has 0 saturated heterocycles. The highest BCUT2D eigenvalue weighted by atomic mass is 32.2. The van der Waals surface area contributed by atoms with Crippen molar-refractivity contribution in [3.63, 3.8) is 0 Å². The Balaban J connectivity index is 1.67. The zero-order chi connectivity index (χ0) is 19.1. The molecule has 3 aromatic rings. The lowest BCUT2D eigenvalue weighted by molar-refractivity contribution is 0.394. The summed E-state index contributed by atoms with van der Waals surface area (Å²) in [4.78, 5) is 12.1. The zero-order valence-electron chi connectivity index (χ0n) is 14.9. The molecule has 0 aliphatic carbocycles. The summed E-state index contributed by atoms with van der Waals surface area (Å²) in [6.45, 7) is 3.79. The highest BCUT2D eigenvalue weighted by Crippen LogP contribution is 2.24. The molecule has 0 fully saturated rings. The van der Waals surface area contributed by atoms with Gasteiger partial charge >= 0.3 is 6.08 Å². The van der Waals surface area contributed by atoms with E-state index in [2.05, 4.69) is 26.8 Å². The number of hydrogen-bond donors (Lipinski definition) is 1. The summed E-state index contributed by atoms with van der Waals surface area (Å²) < 4.78 is 18.9. The molecule has 1 aromatic carbocycles. The fourth-order valence-electron chi connectivity index (χ4n) is 2.45. The summed E-state index contributed by atoms with van der Waals surface area (Å²) in [5.74, 6) is 1.42. The van der Waals surface area contributed by atoms with E-state index in [9.17, 15) is 4.39 Å². The van der Waals surface area contributed by atoms with Gasteiger partial charge in [-0.1, -0.05) is 54.7 Å². The first-order valence-electron chi connectivity index (χ1n) is 8.29. The monoisotopic (exact) mass is 382 g/mol. The molecule has 7 heteroatoms. The molecule has 0 saturated carbocycles. The van der Waals surface area contributed by atoms with Crippen LogP contribution in [0.15, 0.2) is 60.1 Å². The van der Waals surface area contributed by atoms with Crippen LogP contribution >= 0.6 is 11.8 Å². The van der Waals surface area contributed by atoms with Crippen LogP contribution < -0.4 is 10.1 Å². The van der Waals surface area contributed by atoms with Crippen LogP contribution in [0.4, 0.5) is 10.2 Å². The molecule has 5 nitrogen and oxygen atoms in total. The number of hydrogen-bond acceptors (Lipinski definition) is 6. The molecule has 3 rings (SSSR count). The maximum Gasteiger partial charge on any atom is 0.310 e. The lowest BCUT2D eigenvalue weighted by atomic mass is 10.1. The summed E-state index contributed by atoms with van der Waals surface area (Å²) >= 11 is 1.46. The average Bonchev–Trinajstić information content (AvgIpc) is 2.68. The summed E-state index contributed by atoms with van der Waals surface area (Å²) in [5.41, 5.74) is 2.58. The highest BCUT2D eigenvalue weighted by molar-refractivity contribution is 7.99. The Kier molecular flexibility index (Phi) is 6.38. The van der Waals surface area contributed by atoms with Gasteiger partial charge in [0.2, 0.25) is 5.88 Å². The van der Waals surface area contributed by atoms with Crippen molar-refractivity contribution >= 4 is 23.7 Å². The minimum atomic E-state index is -0.748. The van der Waals surface area contributed by atoms with Gasteiger partial charge in [-0.3, -0.25) is 0 Å². The molecule has 1 N–H and O–H groups in total. The average molecular weight is 382 g/mol. The third-order valence-electron chi connectivity index (χ3n) is 3.74. The Morgan fingerprint density at radius 1 is 1.15 bits per heavy atom. The fraction of sp³-hybridized carbons (Fsp3) is 0.150. The van der Waals surface area contributed by atoms with Crippen molar-refractivity contribution in [1.82, 2.24) is 15.0 Å². The molecular formula is C20H19FN4OS. The van der Waals surface area contributed by atoms with Gasteiger partial charge in [-0.25, -0.2) is 9.97 Å². The van der Waals surface area contributed by atoms with E-state index < -0.39 is 6.08 Å². The first-order valence-corrected chi connectivity index (χ1v) is 9.28. The molecule has 0 spiro atoms. The molecular weight excluding hydrogens is 363 g/mol. The first-order chi connectivity index (χ1) is 13.2. The lowest BCUT2D eigenvalue weighted by Gasteiger charge is -2.09. The number of thioether (sulfide) groups is 1. The number of anilines is 1. The van der Waals surface area contributed by atoms with Gasteiger partial charge in [-0.05, 0) is 11.6 Å². The van der Waals surface area contributed by atoms with E-state index >= 15 is 0 Å². The minimum Gasteiger partial charge on any atom is -0.481 e. The van der Waals surface area contributed by atoms with E-state index in [0.717, 1.165) is 16.2 Å². The molecule has 138 valence electrons. The van der Waals surface area contributed by atoms with E-state index in [1.165, 1.54) is 11.8 Å². The predicted octanol–water partition coefficient (Wildman–Crippen LogP) is 4.41. The number of nitrogens with zero attached hydrogens (tertiary/aromatic N) is 3. The Morgan fingerprint density at radius 3 is 2.70 bits per heavy atom. The van der Waals surface area contributed by atoms with Gasteiger partial charge in [-0.15, -0.1) is 0 Å². The van der Waals surface area contributed by atoms with Crippen molar-refractivity contribution in [3.8, 4) is 5.88 Å². The number of halogens is 1. The van der Waals surface area contributed by atoms with Crippen molar-refractivity contribution in [2.75, 3.05) is 18.3 Å².